The largest absolute Gasteiger partial charge is 0.419 e. The van der Waals surface area contributed by atoms with E-state index in [0.717, 1.165) is 12.1 Å². The summed E-state index contributed by atoms with van der Waals surface area (Å²) in [6.45, 7) is 0. The molecule has 2 aromatic rings. The molecule has 19 heavy (non-hydrogen) atoms. The maximum Gasteiger partial charge on any atom is 0.419 e. The highest BCUT2D eigenvalue weighted by atomic mass is 19.1. The first-order chi connectivity index (χ1) is 9.06. The molecule has 0 radical (unpaired) electrons. The Kier molecular flexibility index (Phi) is 2.58. The van der Waals surface area contributed by atoms with Crippen molar-refractivity contribution >= 4 is 0 Å². The van der Waals surface area contributed by atoms with Crippen molar-refractivity contribution in [2.24, 2.45) is 0 Å². The van der Waals surface area contributed by atoms with Crippen LogP contribution in [-0.4, -0.2) is 4.98 Å². The van der Waals surface area contributed by atoms with Gasteiger partial charge in [0, 0.05) is 12.0 Å². The van der Waals surface area contributed by atoms with Crippen LogP contribution in [0.15, 0.2) is 32.2 Å². The van der Waals surface area contributed by atoms with Crippen molar-refractivity contribution < 1.29 is 13.2 Å². The van der Waals surface area contributed by atoms with Crippen LogP contribution in [0.25, 0.3) is 0 Å². The number of fused-ring (bicyclic) bond motifs is 1. The zero-order valence-electron chi connectivity index (χ0n) is 9.70. The molecule has 0 amide bonds. The third-order valence-electron chi connectivity index (χ3n) is 3.33. The second kappa shape index (κ2) is 4.15. The molecular weight excluding hydrogens is 256 g/mol. The first-order valence-corrected chi connectivity index (χ1v) is 5.77. The summed E-state index contributed by atoms with van der Waals surface area (Å²) in [5, 5.41) is 0. The van der Waals surface area contributed by atoms with Gasteiger partial charge in [0.2, 0.25) is 0 Å². The van der Waals surface area contributed by atoms with Gasteiger partial charge in [-0.15, -0.1) is 0 Å². The topological polar surface area (TPSA) is 63.1 Å². The van der Waals surface area contributed by atoms with Crippen LogP contribution in [-0.2, 0) is 6.42 Å². The molecule has 4 nitrogen and oxygen atoms in total. The molecule has 98 valence electrons. The van der Waals surface area contributed by atoms with E-state index in [1.165, 1.54) is 6.07 Å². The van der Waals surface area contributed by atoms with Crippen molar-refractivity contribution in [2.45, 2.75) is 18.8 Å². The number of aromatic amines is 1. The first-order valence-electron chi connectivity index (χ1n) is 5.77. The maximum absolute atomic E-state index is 13.8. The number of halogens is 2. The highest BCUT2D eigenvalue weighted by Crippen LogP contribution is 2.36. The average molecular weight is 265 g/mol. The van der Waals surface area contributed by atoms with Crippen molar-refractivity contribution in [3.05, 3.63) is 67.6 Å². The third-order valence-corrected chi connectivity index (χ3v) is 3.33. The van der Waals surface area contributed by atoms with Gasteiger partial charge >= 0.3 is 5.76 Å². The summed E-state index contributed by atoms with van der Waals surface area (Å²) in [4.78, 5) is 24.8. The minimum atomic E-state index is -0.863. The van der Waals surface area contributed by atoms with Crippen LogP contribution in [0, 0.1) is 11.6 Å². The Hall–Kier alpha value is -2.24. The summed E-state index contributed by atoms with van der Waals surface area (Å²) >= 11 is 0. The Labute approximate surface area is 105 Å². The van der Waals surface area contributed by atoms with E-state index in [2.05, 4.69) is 0 Å². The summed E-state index contributed by atoms with van der Waals surface area (Å²) in [6.07, 6.45) is 0.851. The Bertz CT molecular complexity index is 763. The fraction of sp³-hybridized carbons (Fsp3) is 0.231. The normalized spacial score (nSPS) is 17.5. The van der Waals surface area contributed by atoms with E-state index in [9.17, 15) is 18.4 Å². The predicted octanol–water partition coefficient (Wildman–Crippen LogP) is 1.68. The lowest BCUT2D eigenvalue weighted by Gasteiger charge is -2.11. The zero-order valence-corrected chi connectivity index (χ0v) is 9.70. The maximum atomic E-state index is 13.8. The van der Waals surface area contributed by atoms with Crippen LogP contribution < -0.4 is 11.3 Å². The van der Waals surface area contributed by atoms with E-state index in [-0.39, 0.29) is 11.3 Å². The van der Waals surface area contributed by atoms with Crippen LogP contribution in [0.3, 0.4) is 0 Å². The van der Waals surface area contributed by atoms with Gasteiger partial charge in [0.25, 0.3) is 5.56 Å². The van der Waals surface area contributed by atoms with Crippen molar-refractivity contribution in [2.75, 3.05) is 0 Å². The molecule has 0 bridgehead atoms. The molecule has 6 heteroatoms. The van der Waals surface area contributed by atoms with Crippen molar-refractivity contribution in [3.63, 3.8) is 0 Å². The minimum Gasteiger partial charge on any atom is -0.413 e. The Morgan fingerprint density at radius 3 is 2.79 bits per heavy atom. The van der Waals surface area contributed by atoms with Crippen LogP contribution in [0.5, 0.6) is 0 Å². The fourth-order valence-electron chi connectivity index (χ4n) is 2.49. The Morgan fingerprint density at radius 1 is 1.26 bits per heavy atom. The third kappa shape index (κ3) is 1.89. The number of nitrogens with one attached hydrogen (secondary N) is 1. The lowest BCUT2D eigenvalue weighted by atomic mass is 9.97. The fourth-order valence-corrected chi connectivity index (χ4v) is 2.49. The molecule has 1 aliphatic carbocycles. The molecule has 1 unspecified atom stereocenters. The number of aromatic nitrogens is 1. The highest BCUT2D eigenvalue weighted by Gasteiger charge is 2.31. The van der Waals surface area contributed by atoms with E-state index in [0.29, 0.717) is 18.4 Å². The van der Waals surface area contributed by atoms with E-state index in [1.54, 1.807) is 0 Å². The van der Waals surface area contributed by atoms with Gasteiger partial charge in [0.15, 0.2) is 0 Å². The molecule has 1 atom stereocenters. The molecule has 1 aliphatic rings. The lowest BCUT2D eigenvalue weighted by Crippen LogP contribution is -2.22. The quantitative estimate of drug-likeness (QED) is 0.853. The smallest absolute Gasteiger partial charge is 0.413 e. The van der Waals surface area contributed by atoms with Gasteiger partial charge in [0.1, 0.15) is 17.4 Å². The number of benzene rings is 1. The van der Waals surface area contributed by atoms with Crippen molar-refractivity contribution in [1.29, 1.82) is 0 Å². The molecule has 0 spiro atoms. The predicted molar refractivity (Wildman–Crippen MR) is 62.1 cm³/mol. The van der Waals surface area contributed by atoms with Gasteiger partial charge in [-0.3, -0.25) is 9.78 Å². The summed E-state index contributed by atoms with van der Waals surface area (Å²) in [5.41, 5.74) is 0.0819. The average Bonchev–Trinajstić information content (AvgIpc) is 2.73. The molecule has 1 N–H and O–H groups in total. The number of H-pyrrole nitrogens is 1. The monoisotopic (exact) mass is 265 g/mol. The van der Waals surface area contributed by atoms with Gasteiger partial charge in [-0.1, -0.05) is 6.07 Å². The number of hydrogen-bond donors (Lipinski definition) is 1. The molecule has 1 aromatic carbocycles. The summed E-state index contributed by atoms with van der Waals surface area (Å²) < 4.78 is 31.6. The van der Waals surface area contributed by atoms with E-state index in [4.69, 9.17) is 4.42 Å². The van der Waals surface area contributed by atoms with Gasteiger partial charge in [-0.05, 0) is 24.5 Å². The van der Waals surface area contributed by atoms with E-state index < -0.39 is 28.9 Å². The van der Waals surface area contributed by atoms with E-state index in [1.807, 2.05) is 4.98 Å². The van der Waals surface area contributed by atoms with Crippen LogP contribution >= 0.6 is 0 Å². The molecule has 3 rings (SSSR count). The highest BCUT2D eigenvalue weighted by molar-refractivity contribution is 5.35. The second-order valence-electron chi connectivity index (χ2n) is 4.44. The summed E-state index contributed by atoms with van der Waals surface area (Å²) in [6, 6.07) is 3.23. The summed E-state index contributed by atoms with van der Waals surface area (Å²) in [5.74, 6) is -2.59. The Morgan fingerprint density at radius 2 is 2.05 bits per heavy atom. The zero-order chi connectivity index (χ0) is 13.6. The van der Waals surface area contributed by atoms with Crippen molar-refractivity contribution in [3.8, 4) is 0 Å². The SMILES string of the molecule is O=c1[nH]c(=O)c2c(o1)C(c1ccc(F)cc1F)CC2. The molecule has 0 saturated carbocycles. The van der Waals surface area contributed by atoms with Gasteiger partial charge in [-0.2, -0.15) is 0 Å². The van der Waals surface area contributed by atoms with Crippen molar-refractivity contribution in [1.82, 2.24) is 4.98 Å². The number of hydrogen-bond acceptors (Lipinski definition) is 3. The first kappa shape index (κ1) is 11.8. The molecular formula is C13H9F2NO3. The molecule has 0 aliphatic heterocycles. The molecule has 0 saturated heterocycles. The van der Waals surface area contributed by atoms with Gasteiger partial charge in [0.05, 0.1) is 5.56 Å². The van der Waals surface area contributed by atoms with Crippen LogP contribution in [0.2, 0.25) is 0 Å². The lowest BCUT2D eigenvalue weighted by molar-refractivity contribution is 0.420. The molecule has 1 aromatic heterocycles. The summed E-state index contributed by atoms with van der Waals surface area (Å²) in [7, 11) is 0. The van der Waals surface area contributed by atoms with Gasteiger partial charge in [-0.25, -0.2) is 13.6 Å². The van der Waals surface area contributed by atoms with Gasteiger partial charge < -0.3 is 4.42 Å². The standard InChI is InChI=1S/C13H9F2NO3/c14-6-1-2-7(10(15)5-6)8-3-4-9-11(8)19-13(18)16-12(9)17/h1-2,5,8H,3-4H2,(H,16,17,18). The Balaban J connectivity index is 2.17. The van der Waals surface area contributed by atoms with E-state index >= 15 is 0 Å². The molecule has 1 heterocycles. The molecule has 0 fully saturated rings. The second-order valence-corrected chi connectivity index (χ2v) is 4.44. The number of rotatable bonds is 1. The van der Waals surface area contributed by atoms with Crippen LogP contribution in [0.4, 0.5) is 8.78 Å². The minimum absolute atomic E-state index is 0.180. The van der Waals surface area contributed by atoms with Crippen LogP contribution in [0.1, 0.15) is 29.2 Å².